The molecule has 0 aromatic heterocycles. The van der Waals surface area contributed by atoms with Crippen LogP contribution in [-0.2, 0) is 0 Å². The number of hydrogen-bond acceptors (Lipinski definition) is 3. The summed E-state index contributed by atoms with van der Waals surface area (Å²) >= 11 is 0. The van der Waals surface area contributed by atoms with Gasteiger partial charge in [0.15, 0.2) is 0 Å². The molecule has 1 rings (SSSR count). The van der Waals surface area contributed by atoms with Crippen molar-refractivity contribution in [1.82, 2.24) is 0 Å². The smallest absolute Gasteiger partial charge is 0.122 e. The summed E-state index contributed by atoms with van der Waals surface area (Å²) in [7, 11) is 0. The topological polar surface area (TPSA) is 49.7 Å². The van der Waals surface area contributed by atoms with E-state index < -0.39 is 6.10 Å². The van der Waals surface area contributed by atoms with E-state index in [2.05, 4.69) is 33.8 Å². The molecule has 0 radical (unpaired) electrons. The Morgan fingerprint density at radius 2 is 1.85 bits per heavy atom. The second-order valence-corrected chi connectivity index (χ2v) is 5.43. The van der Waals surface area contributed by atoms with Crippen molar-refractivity contribution in [3.8, 4) is 5.75 Å². The molecule has 0 aliphatic rings. The van der Waals surface area contributed by atoms with E-state index in [1.807, 2.05) is 6.07 Å². The van der Waals surface area contributed by atoms with E-state index in [-0.39, 0.29) is 12.5 Å². The number of hydrogen-bond donors (Lipinski definition) is 2. The molecule has 0 aliphatic heterocycles. The van der Waals surface area contributed by atoms with Crippen molar-refractivity contribution >= 4 is 0 Å². The van der Waals surface area contributed by atoms with Crippen LogP contribution in [0.1, 0.15) is 55.7 Å². The average molecular weight is 280 g/mol. The third-order valence-electron chi connectivity index (χ3n) is 3.94. The van der Waals surface area contributed by atoms with E-state index in [1.165, 1.54) is 16.7 Å². The number of aliphatic hydroxyl groups is 2. The van der Waals surface area contributed by atoms with E-state index in [9.17, 15) is 5.11 Å². The van der Waals surface area contributed by atoms with Crippen LogP contribution in [0.3, 0.4) is 0 Å². The molecule has 0 saturated heterocycles. The molecular weight excluding hydrogens is 252 g/mol. The fourth-order valence-electron chi connectivity index (χ4n) is 2.54. The minimum absolute atomic E-state index is 0.174. The summed E-state index contributed by atoms with van der Waals surface area (Å²) in [5, 5.41) is 18.7. The molecule has 0 bridgehead atoms. The van der Waals surface area contributed by atoms with Crippen molar-refractivity contribution in [3.63, 3.8) is 0 Å². The highest BCUT2D eigenvalue weighted by molar-refractivity contribution is 5.45. The molecule has 3 heteroatoms. The standard InChI is InChI=1S/C17H28O3/c1-5-9-20-17-8-7-16(12(3)13(17)4)14(6-2)10-15(19)11-18/h7-8,14-15,18-19H,5-6,9-11H2,1-4H3. The first-order valence-electron chi connectivity index (χ1n) is 7.56. The molecule has 114 valence electrons. The van der Waals surface area contributed by atoms with Gasteiger partial charge in [0, 0.05) is 0 Å². The highest BCUT2D eigenvalue weighted by Gasteiger charge is 2.18. The van der Waals surface area contributed by atoms with Crippen LogP contribution >= 0.6 is 0 Å². The van der Waals surface area contributed by atoms with Crippen LogP contribution in [0.25, 0.3) is 0 Å². The quantitative estimate of drug-likeness (QED) is 0.768. The molecule has 0 heterocycles. The molecule has 0 fully saturated rings. The van der Waals surface area contributed by atoms with E-state index in [0.29, 0.717) is 6.42 Å². The summed E-state index contributed by atoms with van der Waals surface area (Å²) in [6.45, 7) is 8.97. The van der Waals surface area contributed by atoms with Crippen molar-refractivity contribution in [2.45, 2.75) is 59.0 Å². The van der Waals surface area contributed by atoms with Gasteiger partial charge in [-0.2, -0.15) is 0 Å². The lowest BCUT2D eigenvalue weighted by molar-refractivity contribution is 0.0817. The lowest BCUT2D eigenvalue weighted by Gasteiger charge is -2.22. The predicted octanol–water partition coefficient (Wildman–Crippen LogP) is 3.33. The third kappa shape index (κ3) is 4.22. The summed E-state index contributed by atoms with van der Waals surface area (Å²) < 4.78 is 5.75. The normalized spacial score (nSPS) is 14.1. The molecular formula is C17H28O3. The largest absolute Gasteiger partial charge is 0.493 e. The van der Waals surface area contributed by atoms with Crippen molar-refractivity contribution < 1.29 is 14.9 Å². The van der Waals surface area contributed by atoms with Gasteiger partial charge >= 0.3 is 0 Å². The summed E-state index contributed by atoms with van der Waals surface area (Å²) in [5.74, 6) is 1.22. The molecule has 1 aromatic carbocycles. The van der Waals surface area contributed by atoms with Gasteiger partial charge in [-0.1, -0.05) is 19.9 Å². The molecule has 0 saturated carbocycles. The second-order valence-electron chi connectivity index (χ2n) is 5.43. The van der Waals surface area contributed by atoms with Crippen LogP contribution < -0.4 is 4.74 Å². The molecule has 2 unspecified atom stereocenters. The van der Waals surface area contributed by atoms with Crippen molar-refractivity contribution in [1.29, 1.82) is 0 Å². The van der Waals surface area contributed by atoms with E-state index >= 15 is 0 Å². The Morgan fingerprint density at radius 3 is 2.40 bits per heavy atom. The number of benzene rings is 1. The molecule has 2 atom stereocenters. The Balaban J connectivity index is 2.97. The van der Waals surface area contributed by atoms with Gasteiger partial charge in [-0.25, -0.2) is 0 Å². The number of aliphatic hydroxyl groups excluding tert-OH is 2. The van der Waals surface area contributed by atoms with E-state index in [1.54, 1.807) is 0 Å². The molecule has 2 N–H and O–H groups in total. The molecule has 1 aromatic rings. The first-order valence-corrected chi connectivity index (χ1v) is 7.56. The fraction of sp³-hybridized carbons (Fsp3) is 0.647. The zero-order chi connectivity index (χ0) is 15.1. The maximum atomic E-state index is 9.68. The zero-order valence-electron chi connectivity index (χ0n) is 13.1. The molecule has 0 amide bonds. The van der Waals surface area contributed by atoms with Crippen LogP contribution in [0.2, 0.25) is 0 Å². The fourth-order valence-corrected chi connectivity index (χ4v) is 2.54. The monoisotopic (exact) mass is 280 g/mol. The first-order chi connectivity index (χ1) is 9.54. The molecule has 20 heavy (non-hydrogen) atoms. The van der Waals surface area contributed by atoms with Crippen molar-refractivity contribution in [2.24, 2.45) is 0 Å². The lowest BCUT2D eigenvalue weighted by atomic mass is 9.86. The van der Waals surface area contributed by atoms with Gasteiger partial charge in [-0.05, 0) is 61.8 Å². The highest BCUT2D eigenvalue weighted by atomic mass is 16.5. The van der Waals surface area contributed by atoms with Gasteiger partial charge in [0.25, 0.3) is 0 Å². The number of rotatable bonds is 8. The Labute approximate surface area is 122 Å². The minimum Gasteiger partial charge on any atom is -0.493 e. The van der Waals surface area contributed by atoms with Crippen LogP contribution in [0.15, 0.2) is 12.1 Å². The van der Waals surface area contributed by atoms with Crippen LogP contribution in [0.5, 0.6) is 5.75 Å². The van der Waals surface area contributed by atoms with Gasteiger partial charge in [0.1, 0.15) is 5.75 Å². The number of ether oxygens (including phenoxy) is 1. The maximum absolute atomic E-state index is 9.68. The average Bonchev–Trinajstić information content (AvgIpc) is 2.46. The molecule has 0 spiro atoms. The Bertz CT molecular complexity index is 415. The van der Waals surface area contributed by atoms with E-state index in [4.69, 9.17) is 9.84 Å². The van der Waals surface area contributed by atoms with Gasteiger partial charge in [-0.15, -0.1) is 0 Å². The Morgan fingerprint density at radius 1 is 1.15 bits per heavy atom. The zero-order valence-corrected chi connectivity index (χ0v) is 13.1. The second kappa shape index (κ2) is 8.28. The highest BCUT2D eigenvalue weighted by Crippen LogP contribution is 2.33. The minimum atomic E-state index is -0.643. The Kier molecular flexibility index (Phi) is 7.03. The Hall–Kier alpha value is -1.06. The SMILES string of the molecule is CCCOc1ccc(C(CC)CC(O)CO)c(C)c1C. The van der Waals surface area contributed by atoms with Gasteiger partial charge in [0.05, 0.1) is 19.3 Å². The van der Waals surface area contributed by atoms with Crippen molar-refractivity contribution in [2.75, 3.05) is 13.2 Å². The summed E-state index contributed by atoms with van der Waals surface area (Å²) in [4.78, 5) is 0. The van der Waals surface area contributed by atoms with E-state index in [0.717, 1.165) is 25.2 Å². The first kappa shape index (κ1) is 17.0. The summed E-state index contributed by atoms with van der Waals surface area (Å²) in [5.41, 5.74) is 3.66. The van der Waals surface area contributed by atoms with Gasteiger partial charge in [0.2, 0.25) is 0 Å². The maximum Gasteiger partial charge on any atom is 0.122 e. The third-order valence-corrected chi connectivity index (χ3v) is 3.94. The van der Waals surface area contributed by atoms with Crippen molar-refractivity contribution in [3.05, 3.63) is 28.8 Å². The molecule has 0 aliphatic carbocycles. The lowest BCUT2D eigenvalue weighted by Crippen LogP contribution is -2.17. The van der Waals surface area contributed by atoms with Crippen LogP contribution in [0.4, 0.5) is 0 Å². The van der Waals surface area contributed by atoms with Crippen LogP contribution in [0, 0.1) is 13.8 Å². The summed E-state index contributed by atoms with van der Waals surface area (Å²) in [6, 6.07) is 4.13. The van der Waals surface area contributed by atoms with Gasteiger partial charge in [-0.3, -0.25) is 0 Å². The van der Waals surface area contributed by atoms with Gasteiger partial charge < -0.3 is 14.9 Å². The molecule has 3 nitrogen and oxygen atoms in total. The summed E-state index contributed by atoms with van der Waals surface area (Å²) in [6.07, 6.45) is 1.91. The predicted molar refractivity (Wildman–Crippen MR) is 82.4 cm³/mol. The van der Waals surface area contributed by atoms with Crippen LogP contribution in [-0.4, -0.2) is 29.5 Å².